The van der Waals surface area contributed by atoms with E-state index in [1.807, 2.05) is 12.4 Å². The van der Waals surface area contributed by atoms with Gasteiger partial charge in [0.05, 0.1) is 12.6 Å². The minimum Gasteiger partial charge on any atom is -0.381 e. The maximum absolute atomic E-state index is 4.47. The molecule has 0 aliphatic heterocycles. The summed E-state index contributed by atoms with van der Waals surface area (Å²) in [5.41, 5.74) is 5.06. The van der Waals surface area contributed by atoms with Gasteiger partial charge in [0.1, 0.15) is 11.6 Å². The Kier molecular flexibility index (Phi) is 9.91. The van der Waals surface area contributed by atoms with E-state index in [1.165, 1.54) is 29.5 Å². The lowest BCUT2D eigenvalue weighted by molar-refractivity contribution is 0.181. The number of anilines is 1. The molecular weight excluding hydrogens is 458 g/mol. The summed E-state index contributed by atoms with van der Waals surface area (Å²) in [5, 5.41) is 3.57. The molecule has 37 heavy (non-hydrogen) atoms. The number of benzene rings is 2. The molecule has 2 heterocycles. The molecule has 0 saturated heterocycles. The van der Waals surface area contributed by atoms with Crippen LogP contribution in [0.4, 0.5) is 5.69 Å². The summed E-state index contributed by atoms with van der Waals surface area (Å²) in [6.45, 7) is 12.4. The molecule has 196 valence electrons. The summed E-state index contributed by atoms with van der Waals surface area (Å²) < 4.78 is 0. The number of aromatic amines is 2. The zero-order valence-corrected chi connectivity index (χ0v) is 22.5. The zero-order valence-electron chi connectivity index (χ0n) is 22.5. The molecular formula is C30H41N7. The van der Waals surface area contributed by atoms with Crippen LogP contribution in [0.15, 0.2) is 73.3 Å². The highest BCUT2D eigenvalue weighted by Crippen LogP contribution is 2.22. The first-order valence-corrected chi connectivity index (χ1v) is 13.5. The zero-order chi connectivity index (χ0) is 25.9. The molecule has 2 aromatic heterocycles. The van der Waals surface area contributed by atoms with E-state index in [1.54, 1.807) is 12.4 Å². The van der Waals surface area contributed by atoms with E-state index in [4.69, 9.17) is 0 Å². The van der Waals surface area contributed by atoms with Crippen LogP contribution in [-0.4, -0.2) is 42.8 Å². The largest absolute Gasteiger partial charge is 0.381 e. The molecule has 4 aromatic rings. The first-order valence-electron chi connectivity index (χ1n) is 13.5. The van der Waals surface area contributed by atoms with Crippen LogP contribution >= 0.6 is 0 Å². The van der Waals surface area contributed by atoms with Gasteiger partial charge in [-0.25, -0.2) is 9.97 Å². The second-order valence-corrected chi connectivity index (χ2v) is 9.73. The van der Waals surface area contributed by atoms with E-state index < -0.39 is 0 Å². The predicted molar refractivity (Wildman–Crippen MR) is 151 cm³/mol. The summed E-state index contributed by atoms with van der Waals surface area (Å²) in [7, 11) is 0. The Balaban J connectivity index is 1.32. The van der Waals surface area contributed by atoms with E-state index >= 15 is 0 Å². The number of aromatic nitrogens is 4. The molecule has 0 aliphatic rings. The Morgan fingerprint density at radius 2 is 1.38 bits per heavy atom. The Bertz CT molecular complexity index is 1130. The average Bonchev–Trinajstić information content (AvgIpc) is 3.64. The molecule has 0 spiro atoms. The van der Waals surface area contributed by atoms with Crippen LogP contribution in [0.1, 0.15) is 68.0 Å². The number of H-pyrrole nitrogens is 2. The van der Waals surface area contributed by atoms with Crippen molar-refractivity contribution >= 4 is 5.69 Å². The molecule has 0 radical (unpaired) electrons. The third-order valence-electron chi connectivity index (χ3n) is 6.72. The highest BCUT2D eigenvalue weighted by atomic mass is 15.2. The lowest BCUT2D eigenvalue weighted by Gasteiger charge is -2.27. The van der Waals surface area contributed by atoms with Gasteiger partial charge in [0.2, 0.25) is 0 Å². The number of hydrogen-bond acceptors (Lipinski definition) is 5. The topological polar surface area (TPSA) is 75.9 Å². The molecule has 3 N–H and O–H groups in total. The van der Waals surface area contributed by atoms with Gasteiger partial charge in [-0.2, -0.15) is 0 Å². The van der Waals surface area contributed by atoms with Gasteiger partial charge in [-0.15, -0.1) is 0 Å². The normalized spacial score (nSPS) is 12.4. The molecule has 0 bridgehead atoms. The van der Waals surface area contributed by atoms with Crippen LogP contribution in [0.5, 0.6) is 0 Å². The second-order valence-electron chi connectivity index (χ2n) is 9.73. The van der Waals surface area contributed by atoms with Crippen molar-refractivity contribution in [1.29, 1.82) is 0 Å². The van der Waals surface area contributed by atoms with Gasteiger partial charge in [0, 0.05) is 50.1 Å². The van der Waals surface area contributed by atoms with E-state index in [9.17, 15) is 0 Å². The van der Waals surface area contributed by atoms with Crippen molar-refractivity contribution in [2.24, 2.45) is 0 Å². The van der Waals surface area contributed by atoms with Crippen LogP contribution in [-0.2, 0) is 26.2 Å². The number of hydrogen-bond donors (Lipinski definition) is 3. The fraction of sp³-hybridized carbons (Fsp3) is 0.400. The van der Waals surface area contributed by atoms with Gasteiger partial charge in [-0.1, -0.05) is 50.2 Å². The van der Waals surface area contributed by atoms with Gasteiger partial charge in [-0.3, -0.25) is 9.80 Å². The van der Waals surface area contributed by atoms with E-state index in [2.05, 4.69) is 104 Å². The average molecular weight is 500 g/mol. The maximum atomic E-state index is 4.47. The van der Waals surface area contributed by atoms with Gasteiger partial charge >= 0.3 is 0 Å². The summed E-state index contributed by atoms with van der Waals surface area (Å²) >= 11 is 0. The Hall–Kier alpha value is -3.42. The van der Waals surface area contributed by atoms with Crippen LogP contribution in [0.3, 0.4) is 0 Å². The molecule has 4 rings (SSSR count). The quantitative estimate of drug-likeness (QED) is 0.183. The number of nitrogens with one attached hydrogen (secondary N) is 3. The smallest absolute Gasteiger partial charge is 0.123 e. The minimum atomic E-state index is 0.139. The summed E-state index contributed by atoms with van der Waals surface area (Å²) in [5.74, 6) is 1.91. The van der Waals surface area contributed by atoms with Crippen molar-refractivity contribution in [1.82, 2.24) is 29.7 Å². The van der Waals surface area contributed by atoms with Crippen molar-refractivity contribution < 1.29 is 0 Å². The second kappa shape index (κ2) is 13.8. The molecule has 1 unspecified atom stereocenters. The molecule has 2 aromatic carbocycles. The molecule has 0 aliphatic carbocycles. The highest BCUT2D eigenvalue weighted by Gasteiger charge is 2.19. The van der Waals surface area contributed by atoms with Crippen LogP contribution in [0, 0.1) is 0 Å². The molecule has 0 amide bonds. The lowest BCUT2D eigenvalue weighted by atomic mass is 10.1. The summed E-state index contributed by atoms with van der Waals surface area (Å²) in [6, 6.07) is 17.9. The predicted octanol–water partition coefficient (Wildman–Crippen LogP) is 6.13. The lowest BCUT2D eigenvalue weighted by Crippen LogP contribution is -2.27. The Morgan fingerprint density at radius 1 is 0.757 bits per heavy atom. The van der Waals surface area contributed by atoms with E-state index in [0.717, 1.165) is 56.6 Å². The van der Waals surface area contributed by atoms with Crippen LogP contribution in [0.2, 0.25) is 0 Å². The van der Waals surface area contributed by atoms with E-state index in [0.29, 0.717) is 0 Å². The number of imidazole rings is 2. The fourth-order valence-corrected chi connectivity index (χ4v) is 4.68. The van der Waals surface area contributed by atoms with Gasteiger partial charge in [0.25, 0.3) is 0 Å². The van der Waals surface area contributed by atoms with Crippen LogP contribution < -0.4 is 5.32 Å². The first-order chi connectivity index (χ1) is 18.1. The standard InChI is InChI=1S/C30H41N7/c1-4-18-36(19-5-2)21-26-10-12-28(13-11-26)35-20-25-6-8-27(9-7-25)22-37(23-29-31-14-15-32-29)24(3)30-33-16-17-34-30/h6-17,24,35H,4-5,18-23H2,1-3H3,(H,31,32)(H,33,34). The maximum Gasteiger partial charge on any atom is 0.123 e. The number of rotatable bonds is 15. The number of nitrogens with zero attached hydrogens (tertiary/aromatic N) is 4. The van der Waals surface area contributed by atoms with Crippen molar-refractivity contribution in [3.05, 3.63) is 102 Å². The third kappa shape index (κ3) is 8.03. The Labute approximate surface area is 221 Å². The van der Waals surface area contributed by atoms with Crippen LogP contribution in [0.25, 0.3) is 0 Å². The molecule has 0 saturated carbocycles. The van der Waals surface area contributed by atoms with Gasteiger partial charge in [-0.05, 0) is 61.7 Å². The highest BCUT2D eigenvalue weighted by molar-refractivity contribution is 5.45. The van der Waals surface area contributed by atoms with Crippen molar-refractivity contribution in [3.8, 4) is 0 Å². The van der Waals surface area contributed by atoms with Gasteiger partial charge in [0.15, 0.2) is 0 Å². The summed E-state index contributed by atoms with van der Waals surface area (Å²) in [4.78, 5) is 20.3. The molecule has 7 nitrogen and oxygen atoms in total. The molecule has 0 fully saturated rings. The van der Waals surface area contributed by atoms with Crippen molar-refractivity contribution in [3.63, 3.8) is 0 Å². The SMILES string of the molecule is CCCN(CCC)Cc1ccc(NCc2ccc(CN(Cc3ncc[nH]3)C(C)c3ncc[nH]3)cc2)cc1. The summed E-state index contributed by atoms with van der Waals surface area (Å²) in [6.07, 6.45) is 9.74. The molecule has 1 atom stereocenters. The Morgan fingerprint density at radius 3 is 2.00 bits per heavy atom. The first kappa shape index (κ1) is 26.6. The van der Waals surface area contributed by atoms with Crippen molar-refractivity contribution in [2.75, 3.05) is 18.4 Å². The van der Waals surface area contributed by atoms with Crippen molar-refractivity contribution in [2.45, 2.75) is 65.8 Å². The monoisotopic (exact) mass is 499 g/mol. The van der Waals surface area contributed by atoms with E-state index in [-0.39, 0.29) is 6.04 Å². The van der Waals surface area contributed by atoms with Gasteiger partial charge < -0.3 is 15.3 Å². The minimum absolute atomic E-state index is 0.139. The molecule has 7 heteroatoms. The third-order valence-corrected chi connectivity index (χ3v) is 6.72. The fourth-order valence-electron chi connectivity index (χ4n) is 4.68.